The minimum absolute atomic E-state index is 0.0182. The van der Waals surface area contributed by atoms with Gasteiger partial charge in [-0.3, -0.25) is 14.4 Å². The van der Waals surface area contributed by atoms with Gasteiger partial charge in [-0.05, 0) is 42.2 Å². The van der Waals surface area contributed by atoms with Gasteiger partial charge in [-0.1, -0.05) is 50.6 Å². The highest BCUT2D eigenvalue weighted by Crippen LogP contribution is 2.19. The van der Waals surface area contributed by atoms with E-state index in [9.17, 15) is 29.4 Å². The van der Waals surface area contributed by atoms with E-state index >= 15 is 0 Å². The Morgan fingerprint density at radius 3 is 2.17 bits per heavy atom. The van der Waals surface area contributed by atoms with Crippen LogP contribution in [-0.4, -0.2) is 63.1 Å². The molecule has 0 saturated carbocycles. The van der Waals surface area contributed by atoms with E-state index in [4.69, 9.17) is 5.73 Å². The average Bonchev–Trinajstić information content (AvgIpc) is 3.34. The molecule has 0 bridgehead atoms. The standard InChI is InChI=1S/C29H37N5O6/c1-4-16(2)25(30)28(38)32-17(3)26(36)33-23(13-18-9-11-20(35)12-10-18)27(37)34-24(29(39)40)14-19-15-31-22-8-6-5-7-21(19)22/h5-12,15-17,23-25,31,35H,4,13-14,30H2,1-3H3,(H,32,38)(H,33,36)(H,34,37)(H,39,40). The van der Waals surface area contributed by atoms with Gasteiger partial charge >= 0.3 is 5.97 Å². The summed E-state index contributed by atoms with van der Waals surface area (Å²) in [5.41, 5.74) is 8.15. The van der Waals surface area contributed by atoms with E-state index in [-0.39, 0.29) is 24.5 Å². The zero-order chi connectivity index (χ0) is 29.4. The number of hydrogen-bond donors (Lipinski definition) is 7. The zero-order valence-corrected chi connectivity index (χ0v) is 22.8. The number of carbonyl (C=O) groups excluding carboxylic acids is 3. The van der Waals surface area contributed by atoms with E-state index in [1.54, 1.807) is 18.3 Å². The fourth-order valence-corrected chi connectivity index (χ4v) is 4.25. The van der Waals surface area contributed by atoms with Crippen LogP contribution in [0.1, 0.15) is 38.3 Å². The molecule has 3 amide bonds. The van der Waals surface area contributed by atoms with Crippen LogP contribution in [0.25, 0.3) is 10.9 Å². The lowest BCUT2D eigenvalue weighted by Crippen LogP contribution is -2.57. The van der Waals surface area contributed by atoms with Crippen LogP contribution in [0, 0.1) is 5.92 Å². The second-order valence-corrected chi connectivity index (χ2v) is 10.0. The third-order valence-corrected chi connectivity index (χ3v) is 7.03. The van der Waals surface area contributed by atoms with Gasteiger partial charge < -0.3 is 36.9 Å². The summed E-state index contributed by atoms with van der Waals surface area (Å²) in [5.74, 6) is -3.11. The number of amides is 3. The Hall–Kier alpha value is -4.38. The number of phenols is 1. The number of benzene rings is 2. The van der Waals surface area contributed by atoms with Crippen molar-refractivity contribution in [1.82, 2.24) is 20.9 Å². The van der Waals surface area contributed by atoms with E-state index in [1.807, 2.05) is 38.1 Å². The van der Waals surface area contributed by atoms with Gasteiger partial charge in [0.25, 0.3) is 0 Å². The Balaban J connectivity index is 1.76. The molecule has 11 heteroatoms. The Labute approximate surface area is 232 Å². The van der Waals surface area contributed by atoms with Crippen molar-refractivity contribution in [2.24, 2.45) is 11.7 Å². The monoisotopic (exact) mass is 551 g/mol. The van der Waals surface area contributed by atoms with Crippen LogP contribution in [0.3, 0.4) is 0 Å². The smallest absolute Gasteiger partial charge is 0.326 e. The Morgan fingerprint density at radius 1 is 0.875 bits per heavy atom. The molecule has 0 aliphatic rings. The van der Waals surface area contributed by atoms with Crippen LogP contribution >= 0.6 is 0 Å². The summed E-state index contributed by atoms with van der Waals surface area (Å²) in [7, 11) is 0. The lowest BCUT2D eigenvalue weighted by atomic mass is 9.99. The molecule has 0 spiro atoms. The highest BCUT2D eigenvalue weighted by Gasteiger charge is 2.30. The van der Waals surface area contributed by atoms with Gasteiger partial charge in [0.15, 0.2) is 0 Å². The number of aromatic hydroxyl groups is 1. The number of aliphatic carboxylic acids is 1. The molecule has 0 fully saturated rings. The molecule has 40 heavy (non-hydrogen) atoms. The Bertz CT molecular complexity index is 1340. The van der Waals surface area contributed by atoms with Crippen molar-refractivity contribution in [3.05, 3.63) is 65.9 Å². The molecule has 2 aromatic carbocycles. The van der Waals surface area contributed by atoms with E-state index in [1.165, 1.54) is 19.1 Å². The van der Waals surface area contributed by atoms with Gasteiger partial charge in [-0.25, -0.2) is 4.79 Å². The highest BCUT2D eigenvalue weighted by atomic mass is 16.4. The number of rotatable bonds is 13. The maximum Gasteiger partial charge on any atom is 0.326 e. The zero-order valence-electron chi connectivity index (χ0n) is 22.8. The number of carbonyl (C=O) groups is 4. The predicted molar refractivity (Wildman–Crippen MR) is 150 cm³/mol. The lowest BCUT2D eigenvalue weighted by molar-refractivity contribution is -0.142. The van der Waals surface area contributed by atoms with Crippen molar-refractivity contribution in [2.75, 3.05) is 0 Å². The number of H-pyrrole nitrogens is 1. The fraction of sp³-hybridized carbons (Fsp3) is 0.379. The molecule has 0 aliphatic carbocycles. The molecule has 214 valence electrons. The van der Waals surface area contributed by atoms with E-state index in [2.05, 4.69) is 20.9 Å². The first-order valence-corrected chi connectivity index (χ1v) is 13.2. The van der Waals surface area contributed by atoms with Crippen molar-refractivity contribution in [1.29, 1.82) is 0 Å². The third kappa shape index (κ3) is 7.82. The molecule has 8 N–H and O–H groups in total. The molecular formula is C29H37N5O6. The summed E-state index contributed by atoms with van der Waals surface area (Å²) < 4.78 is 0. The first kappa shape index (κ1) is 30.2. The quantitative estimate of drug-likeness (QED) is 0.168. The highest BCUT2D eigenvalue weighted by molar-refractivity contribution is 5.94. The Kier molecular flexibility index (Phi) is 10.3. The van der Waals surface area contributed by atoms with Crippen molar-refractivity contribution in [3.63, 3.8) is 0 Å². The molecular weight excluding hydrogens is 514 g/mol. The van der Waals surface area contributed by atoms with Crippen molar-refractivity contribution in [2.45, 2.75) is 64.2 Å². The molecule has 5 unspecified atom stereocenters. The summed E-state index contributed by atoms with van der Waals surface area (Å²) in [6, 6.07) is 9.29. The largest absolute Gasteiger partial charge is 0.508 e. The molecule has 3 aromatic rings. The van der Waals surface area contributed by atoms with Gasteiger partial charge in [-0.15, -0.1) is 0 Å². The number of hydrogen-bond acceptors (Lipinski definition) is 6. The number of carboxylic acids is 1. The minimum atomic E-state index is -1.27. The summed E-state index contributed by atoms with van der Waals surface area (Å²) in [5, 5.41) is 28.1. The van der Waals surface area contributed by atoms with Gasteiger partial charge in [0.2, 0.25) is 17.7 Å². The molecule has 5 atom stereocenters. The van der Waals surface area contributed by atoms with Crippen LogP contribution in [0.15, 0.2) is 54.7 Å². The molecule has 1 heterocycles. The van der Waals surface area contributed by atoms with E-state index < -0.39 is 47.9 Å². The number of nitrogens with one attached hydrogen (secondary N) is 4. The number of nitrogens with two attached hydrogens (primary N) is 1. The first-order chi connectivity index (χ1) is 19.0. The minimum Gasteiger partial charge on any atom is -0.508 e. The summed E-state index contributed by atoms with van der Waals surface area (Å²) >= 11 is 0. The molecule has 1 aromatic heterocycles. The van der Waals surface area contributed by atoms with Crippen LogP contribution in [0.4, 0.5) is 0 Å². The number of fused-ring (bicyclic) bond motifs is 1. The molecule has 11 nitrogen and oxygen atoms in total. The first-order valence-electron chi connectivity index (χ1n) is 13.2. The number of para-hydroxylation sites is 1. The van der Waals surface area contributed by atoms with Crippen LogP contribution < -0.4 is 21.7 Å². The third-order valence-electron chi connectivity index (χ3n) is 7.03. The van der Waals surface area contributed by atoms with Gasteiger partial charge in [0, 0.05) is 29.9 Å². The van der Waals surface area contributed by atoms with Crippen molar-refractivity contribution in [3.8, 4) is 5.75 Å². The summed E-state index contributed by atoms with van der Waals surface area (Å²) in [6.07, 6.45) is 2.43. The van der Waals surface area contributed by atoms with Crippen LogP contribution in [0.2, 0.25) is 0 Å². The van der Waals surface area contributed by atoms with Crippen LogP contribution in [-0.2, 0) is 32.0 Å². The second-order valence-electron chi connectivity index (χ2n) is 10.0. The van der Waals surface area contributed by atoms with Crippen molar-refractivity contribution < 1.29 is 29.4 Å². The molecule has 3 rings (SSSR count). The number of phenolic OH excluding ortho intramolecular Hbond substituents is 1. The number of aromatic amines is 1. The Morgan fingerprint density at radius 2 is 1.52 bits per heavy atom. The normalized spacial score (nSPS) is 14.9. The predicted octanol–water partition coefficient (Wildman–Crippen LogP) is 1.59. The van der Waals surface area contributed by atoms with Crippen molar-refractivity contribution >= 4 is 34.6 Å². The molecule has 0 radical (unpaired) electrons. The second kappa shape index (κ2) is 13.6. The molecule has 0 aliphatic heterocycles. The van der Waals surface area contributed by atoms with Crippen LogP contribution in [0.5, 0.6) is 5.75 Å². The maximum absolute atomic E-state index is 13.4. The number of carboxylic acid groups (broad SMARTS) is 1. The molecule has 0 saturated heterocycles. The fourth-order valence-electron chi connectivity index (χ4n) is 4.25. The van der Waals surface area contributed by atoms with Gasteiger partial charge in [0.1, 0.15) is 23.9 Å². The SMILES string of the molecule is CCC(C)C(N)C(=O)NC(C)C(=O)NC(Cc1ccc(O)cc1)C(=O)NC(Cc1c[nH]c2ccccc12)C(=O)O. The lowest BCUT2D eigenvalue weighted by Gasteiger charge is -2.24. The maximum atomic E-state index is 13.4. The average molecular weight is 552 g/mol. The van der Waals surface area contributed by atoms with E-state index in [0.29, 0.717) is 12.0 Å². The van der Waals surface area contributed by atoms with Gasteiger partial charge in [0.05, 0.1) is 6.04 Å². The summed E-state index contributed by atoms with van der Waals surface area (Å²) in [4.78, 5) is 54.1. The van der Waals surface area contributed by atoms with E-state index in [0.717, 1.165) is 16.5 Å². The summed E-state index contributed by atoms with van der Waals surface area (Å²) in [6.45, 7) is 5.22. The topological polar surface area (TPSA) is 187 Å². The van der Waals surface area contributed by atoms with Gasteiger partial charge in [-0.2, -0.15) is 0 Å². The number of aromatic nitrogens is 1.